The van der Waals surface area contributed by atoms with Crippen LogP contribution in [-0.4, -0.2) is 22.2 Å². The maximum absolute atomic E-state index is 5.74. The molecule has 0 aliphatic rings. The minimum absolute atomic E-state index is 0.177. The zero-order valence-electron chi connectivity index (χ0n) is 12.9. The fraction of sp³-hybridized carbons (Fsp3) is 0.562. The Morgan fingerprint density at radius 3 is 2.60 bits per heavy atom. The van der Waals surface area contributed by atoms with Crippen molar-refractivity contribution in [3.8, 4) is 5.75 Å². The molecule has 0 spiro atoms. The highest BCUT2D eigenvalue weighted by atomic mass is 16.5. The third-order valence-corrected chi connectivity index (χ3v) is 3.23. The summed E-state index contributed by atoms with van der Waals surface area (Å²) < 4.78 is 8.04. The van der Waals surface area contributed by atoms with Gasteiger partial charge in [0.1, 0.15) is 11.6 Å². The molecule has 0 aliphatic heterocycles. The predicted molar refractivity (Wildman–Crippen MR) is 83.3 cm³/mol. The van der Waals surface area contributed by atoms with Gasteiger partial charge in [-0.15, -0.1) is 0 Å². The molecule has 0 aliphatic carbocycles. The lowest BCUT2D eigenvalue weighted by Crippen LogP contribution is -2.09. The van der Waals surface area contributed by atoms with E-state index < -0.39 is 0 Å². The Morgan fingerprint density at radius 2 is 2.00 bits per heavy atom. The van der Waals surface area contributed by atoms with Crippen molar-refractivity contribution in [1.82, 2.24) is 9.55 Å². The molecule has 20 heavy (non-hydrogen) atoms. The Bertz CT molecular complexity index is 572. The Morgan fingerprint density at radius 1 is 1.25 bits per heavy atom. The van der Waals surface area contributed by atoms with Gasteiger partial charge in [-0.05, 0) is 52.8 Å². The van der Waals surface area contributed by atoms with Crippen LogP contribution in [0.1, 0.15) is 46.0 Å². The molecule has 4 heteroatoms. The van der Waals surface area contributed by atoms with Gasteiger partial charge in [-0.3, -0.25) is 0 Å². The average molecular weight is 275 g/mol. The zero-order valence-corrected chi connectivity index (χ0v) is 12.9. The SMILES string of the molecule is CC(C)Oc1ccc2c(c1)nc(CCCN)n2C(C)C. The van der Waals surface area contributed by atoms with Gasteiger partial charge in [0.25, 0.3) is 0 Å². The van der Waals surface area contributed by atoms with Crippen molar-refractivity contribution in [3.05, 3.63) is 24.0 Å². The van der Waals surface area contributed by atoms with E-state index in [0.717, 1.165) is 29.9 Å². The normalized spacial score (nSPS) is 11.8. The lowest BCUT2D eigenvalue weighted by Gasteiger charge is -2.13. The molecule has 1 aromatic heterocycles. The van der Waals surface area contributed by atoms with Crippen molar-refractivity contribution in [2.75, 3.05) is 6.54 Å². The fourth-order valence-electron chi connectivity index (χ4n) is 2.49. The molecule has 0 atom stereocenters. The number of ether oxygens (including phenoxy) is 1. The molecule has 2 rings (SSSR count). The van der Waals surface area contributed by atoms with Gasteiger partial charge in [-0.1, -0.05) is 0 Å². The molecule has 1 heterocycles. The summed E-state index contributed by atoms with van der Waals surface area (Å²) in [6.07, 6.45) is 2.06. The smallest absolute Gasteiger partial charge is 0.121 e. The highest BCUT2D eigenvalue weighted by Crippen LogP contribution is 2.26. The molecule has 2 N–H and O–H groups in total. The van der Waals surface area contributed by atoms with E-state index in [4.69, 9.17) is 15.5 Å². The molecular formula is C16H25N3O. The highest BCUT2D eigenvalue weighted by Gasteiger charge is 2.13. The second kappa shape index (κ2) is 6.27. The van der Waals surface area contributed by atoms with Crippen LogP contribution in [0, 0.1) is 0 Å². The summed E-state index contributed by atoms with van der Waals surface area (Å²) in [6, 6.07) is 6.55. The van der Waals surface area contributed by atoms with Crippen LogP contribution in [-0.2, 0) is 6.42 Å². The van der Waals surface area contributed by atoms with Gasteiger partial charge in [-0.25, -0.2) is 4.98 Å². The van der Waals surface area contributed by atoms with E-state index in [0.29, 0.717) is 12.6 Å². The highest BCUT2D eigenvalue weighted by molar-refractivity contribution is 5.78. The van der Waals surface area contributed by atoms with E-state index in [1.165, 1.54) is 5.52 Å². The van der Waals surface area contributed by atoms with Crippen molar-refractivity contribution in [2.24, 2.45) is 5.73 Å². The molecule has 0 unspecified atom stereocenters. The molecule has 2 aromatic rings. The van der Waals surface area contributed by atoms with E-state index >= 15 is 0 Å². The summed E-state index contributed by atoms with van der Waals surface area (Å²) in [5.41, 5.74) is 7.79. The van der Waals surface area contributed by atoms with Crippen molar-refractivity contribution >= 4 is 11.0 Å². The van der Waals surface area contributed by atoms with Crippen LogP contribution in [0.4, 0.5) is 0 Å². The minimum atomic E-state index is 0.177. The van der Waals surface area contributed by atoms with E-state index in [2.05, 4.69) is 24.5 Å². The Labute approximate surface area is 120 Å². The summed E-state index contributed by atoms with van der Waals surface area (Å²) in [4.78, 5) is 4.77. The second-order valence-corrected chi connectivity index (χ2v) is 5.70. The summed E-state index contributed by atoms with van der Waals surface area (Å²) in [7, 11) is 0. The number of nitrogens with zero attached hydrogens (tertiary/aromatic N) is 2. The molecule has 0 fully saturated rings. The first-order valence-electron chi connectivity index (χ1n) is 7.40. The van der Waals surface area contributed by atoms with Crippen LogP contribution in [0.3, 0.4) is 0 Å². The van der Waals surface area contributed by atoms with Gasteiger partial charge >= 0.3 is 0 Å². The Kier molecular flexibility index (Phi) is 4.65. The van der Waals surface area contributed by atoms with Gasteiger partial charge in [0.15, 0.2) is 0 Å². The standard InChI is InChI=1S/C16H25N3O/c1-11(2)19-15-8-7-13(20-12(3)4)10-14(15)18-16(19)6-5-9-17/h7-8,10-12H,5-6,9,17H2,1-4H3. The predicted octanol–water partition coefficient (Wildman–Crippen LogP) is 3.30. The zero-order chi connectivity index (χ0) is 14.7. The summed E-state index contributed by atoms with van der Waals surface area (Å²) in [6.45, 7) is 9.13. The van der Waals surface area contributed by atoms with Gasteiger partial charge in [-0.2, -0.15) is 0 Å². The maximum atomic E-state index is 5.74. The Balaban J connectivity index is 2.43. The average Bonchev–Trinajstić information content (AvgIpc) is 2.73. The van der Waals surface area contributed by atoms with Crippen LogP contribution in [0.5, 0.6) is 5.75 Å². The topological polar surface area (TPSA) is 53.1 Å². The molecule has 4 nitrogen and oxygen atoms in total. The molecule has 0 saturated carbocycles. The van der Waals surface area contributed by atoms with Crippen LogP contribution >= 0.6 is 0 Å². The minimum Gasteiger partial charge on any atom is -0.491 e. The number of benzene rings is 1. The molecular weight excluding hydrogens is 250 g/mol. The first kappa shape index (κ1) is 14.9. The number of hydrogen-bond acceptors (Lipinski definition) is 3. The van der Waals surface area contributed by atoms with Gasteiger partial charge in [0.2, 0.25) is 0 Å². The second-order valence-electron chi connectivity index (χ2n) is 5.70. The number of aromatic nitrogens is 2. The lowest BCUT2D eigenvalue weighted by atomic mass is 10.2. The number of aryl methyl sites for hydroxylation is 1. The molecule has 0 saturated heterocycles. The van der Waals surface area contributed by atoms with Crippen LogP contribution < -0.4 is 10.5 Å². The molecule has 0 amide bonds. The van der Waals surface area contributed by atoms with Crippen LogP contribution in [0.15, 0.2) is 18.2 Å². The fourth-order valence-corrected chi connectivity index (χ4v) is 2.49. The van der Waals surface area contributed by atoms with Gasteiger partial charge < -0.3 is 15.0 Å². The molecule has 0 radical (unpaired) electrons. The largest absolute Gasteiger partial charge is 0.491 e. The first-order valence-corrected chi connectivity index (χ1v) is 7.40. The molecule has 110 valence electrons. The van der Waals surface area contributed by atoms with E-state index in [1.807, 2.05) is 26.0 Å². The van der Waals surface area contributed by atoms with Crippen molar-refractivity contribution < 1.29 is 4.74 Å². The number of imidazole rings is 1. The maximum Gasteiger partial charge on any atom is 0.121 e. The first-order chi connectivity index (χ1) is 9.52. The summed E-state index contributed by atoms with van der Waals surface area (Å²) >= 11 is 0. The third-order valence-electron chi connectivity index (χ3n) is 3.23. The lowest BCUT2D eigenvalue weighted by molar-refractivity contribution is 0.242. The van der Waals surface area contributed by atoms with E-state index in [1.54, 1.807) is 0 Å². The number of fused-ring (bicyclic) bond motifs is 1. The van der Waals surface area contributed by atoms with Crippen molar-refractivity contribution in [1.29, 1.82) is 0 Å². The summed E-state index contributed by atoms with van der Waals surface area (Å²) in [5, 5.41) is 0. The third kappa shape index (κ3) is 3.12. The van der Waals surface area contributed by atoms with Gasteiger partial charge in [0, 0.05) is 18.5 Å². The number of hydrogen-bond donors (Lipinski definition) is 1. The monoisotopic (exact) mass is 275 g/mol. The van der Waals surface area contributed by atoms with E-state index in [-0.39, 0.29) is 6.10 Å². The molecule has 1 aromatic carbocycles. The van der Waals surface area contributed by atoms with Crippen molar-refractivity contribution in [2.45, 2.75) is 52.7 Å². The Hall–Kier alpha value is -1.55. The molecule has 0 bridgehead atoms. The summed E-state index contributed by atoms with van der Waals surface area (Å²) in [5.74, 6) is 1.99. The van der Waals surface area contributed by atoms with Crippen LogP contribution in [0.2, 0.25) is 0 Å². The van der Waals surface area contributed by atoms with Crippen LogP contribution in [0.25, 0.3) is 11.0 Å². The van der Waals surface area contributed by atoms with Gasteiger partial charge in [0.05, 0.1) is 17.1 Å². The quantitative estimate of drug-likeness (QED) is 0.880. The van der Waals surface area contributed by atoms with E-state index in [9.17, 15) is 0 Å². The van der Waals surface area contributed by atoms with Crippen molar-refractivity contribution in [3.63, 3.8) is 0 Å². The number of rotatable bonds is 6. The number of nitrogens with two attached hydrogens (primary N) is 1.